The molecule has 5 rings (SSSR count). The molecule has 0 aliphatic carbocycles. The van der Waals surface area contributed by atoms with Crippen molar-refractivity contribution >= 4 is 11.0 Å². The average Bonchev–Trinajstić information content (AvgIpc) is 3.44. The third-order valence-electron chi connectivity index (χ3n) is 5.93. The second-order valence-electron chi connectivity index (χ2n) is 9.16. The number of aromatic nitrogens is 7. The standard InChI is InChI=1S/C26H23F4N7O/c1-14(2)16-7-5-6-8-17(16)22-33-23-18(11-37(4)35-23)25(34-22)38-13-15-9-19(27)21(31-10-15)24-32-20(12-36(24)3)26(28,29)30/h5-12,14H,13H2,1-4H3. The first kappa shape index (κ1) is 25.3. The molecule has 0 atom stereocenters. The Kier molecular flexibility index (Phi) is 6.33. The number of nitrogens with zero attached hydrogens (tertiary/aromatic N) is 7. The second-order valence-corrected chi connectivity index (χ2v) is 9.16. The first-order chi connectivity index (χ1) is 18.0. The molecule has 0 aliphatic heterocycles. The zero-order valence-corrected chi connectivity index (χ0v) is 21.0. The van der Waals surface area contributed by atoms with E-state index in [1.807, 2.05) is 24.3 Å². The summed E-state index contributed by atoms with van der Waals surface area (Å²) in [5.41, 5.74) is 1.31. The summed E-state index contributed by atoms with van der Waals surface area (Å²) in [5.74, 6) is -0.111. The topological polar surface area (TPSA) is 83.5 Å². The van der Waals surface area contributed by atoms with Crippen molar-refractivity contribution in [2.24, 2.45) is 14.1 Å². The van der Waals surface area contributed by atoms with Gasteiger partial charge in [-0.05, 0) is 17.5 Å². The molecule has 4 heterocycles. The highest BCUT2D eigenvalue weighted by Crippen LogP contribution is 2.32. The van der Waals surface area contributed by atoms with Gasteiger partial charge in [-0.3, -0.25) is 4.68 Å². The Morgan fingerprint density at radius 1 is 1.03 bits per heavy atom. The maximum atomic E-state index is 14.9. The maximum absolute atomic E-state index is 14.9. The highest BCUT2D eigenvalue weighted by atomic mass is 19.4. The summed E-state index contributed by atoms with van der Waals surface area (Å²) < 4.78 is 62.6. The van der Waals surface area contributed by atoms with E-state index in [0.717, 1.165) is 28.0 Å². The van der Waals surface area contributed by atoms with E-state index in [1.165, 1.54) is 13.2 Å². The number of alkyl halides is 3. The monoisotopic (exact) mass is 525 g/mol. The fourth-order valence-corrected chi connectivity index (χ4v) is 4.12. The number of rotatable bonds is 6. The van der Waals surface area contributed by atoms with Crippen LogP contribution in [-0.2, 0) is 26.9 Å². The molecule has 0 unspecified atom stereocenters. The molecule has 0 N–H and O–H groups in total. The maximum Gasteiger partial charge on any atom is 0.434 e. The van der Waals surface area contributed by atoms with E-state index < -0.39 is 17.7 Å². The summed E-state index contributed by atoms with van der Waals surface area (Å²) in [7, 11) is 3.10. The summed E-state index contributed by atoms with van der Waals surface area (Å²) in [6, 6.07) is 8.96. The number of hydrogen-bond donors (Lipinski definition) is 0. The Morgan fingerprint density at radius 2 is 1.79 bits per heavy atom. The van der Waals surface area contributed by atoms with Gasteiger partial charge in [0.1, 0.15) is 17.7 Å². The van der Waals surface area contributed by atoms with Crippen molar-refractivity contribution in [3.8, 4) is 28.8 Å². The van der Waals surface area contributed by atoms with E-state index in [9.17, 15) is 17.6 Å². The number of imidazole rings is 1. The zero-order valence-electron chi connectivity index (χ0n) is 21.0. The number of benzene rings is 1. The molecule has 0 radical (unpaired) electrons. The molecular weight excluding hydrogens is 502 g/mol. The van der Waals surface area contributed by atoms with Crippen LogP contribution in [0.25, 0.3) is 33.9 Å². The summed E-state index contributed by atoms with van der Waals surface area (Å²) in [6.07, 6.45) is -0.804. The van der Waals surface area contributed by atoms with Crippen LogP contribution in [0, 0.1) is 5.82 Å². The van der Waals surface area contributed by atoms with Crippen molar-refractivity contribution < 1.29 is 22.3 Å². The van der Waals surface area contributed by atoms with E-state index in [2.05, 4.69) is 38.9 Å². The van der Waals surface area contributed by atoms with E-state index >= 15 is 0 Å². The number of halogens is 4. The van der Waals surface area contributed by atoms with Crippen LogP contribution in [0.2, 0.25) is 0 Å². The van der Waals surface area contributed by atoms with Crippen LogP contribution < -0.4 is 4.74 Å². The fraction of sp³-hybridized carbons (Fsp3) is 0.269. The first-order valence-corrected chi connectivity index (χ1v) is 11.7. The molecule has 4 aromatic heterocycles. The van der Waals surface area contributed by atoms with Crippen LogP contribution in [0.4, 0.5) is 17.6 Å². The number of hydrogen-bond acceptors (Lipinski definition) is 6. The highest BCUT2D eigenvalue weighted by molar-refractivity contribution is 5.82. The van der Waals surface area contributed by atoms with Crippen molar-refractivity contribution in [2.45, 2.75) is 32.5 Å². The number of ether oxygens (including phenoxy) is 1. The minimum atomic E-state index is -4.65. The van der Waals surface area contributed by atoms with Crippen LogP contribution in [0.3, 0.4) is 0 Å². The molecule has 0 saturated heterocycles. The quantitative estimate of drug-likeness (QED) is 0.265. The fourth-order valence-electron chi connectivity index (χ4n) is 4.12. The molecule has 12 heteroatoms. The lowest BCUT2D eigenvalue weighted by molar-refractivity contribution is -0.140. The van der Waals surface area contributed by atoms with Gasteiger partial charge in [0.25, 0.3) is 0 Å². The van der Waals surface area contributed by atoms with Crippen LogP contribution in [0.15, 0.2) is 48.9 Å². The molecule has 38 heavy (non-hydrogen) atoms. The molecule has 0 aliphatic rings. The molecule has 0 bridgehead atoms. The van der Waals surface area contributed by atoms with Crippen molar-refractivity contribution in [3.05, 3.63) is 71.6 Å². The van der Waals surface area contributed by atoms with Gasteiger partial charge < -0.3 is 9.30 Å². The Balaban J connectivity index is 1.46. The molecule has 0 amide bonds. The lowest BCUT2D eigenvalue weighted by atomic mass is 9.97. The van der Waals surface area contributed by atoms with Crippen molar-refractivity contribution in [1.82, 2.24) is 34.3 Å². The van der Waals surface area contributed by atoms with Gasteiger partial charge in [-0.2, -0.15) is 23.3 Å². The van der Waals surface area contributed by atoms with Crippen LogP contribution in [-0.4, -0.2) is 34.3 Å². The van der Waals surface area contributed by atoms with Gasteiger partial charge in [0.2, 0.25) is 5.88 Å². The van der Waals surface area contributed by atoms with Gasteiger partial charge in [0.15, 0.2) is 28.8 Å². The van der Waals surface area contributed by atoms with Gasteiger partial charge in [-0.15, -0.1) is 0 Å². The molecule has 1 aromatic carbocycles. The zero-order chi connectivity index (χ0) is 27.2. The largest absolute Gasteiger partial charge is 0.472 e. The molecule has 0 saturated carbocycles. The van der Waals surface area contributed by atoms with Crippen molar-refractivity contribution in [1.29, 1.82) is 0 Å². The van der Waals surface area contributed by atoms with Gasteiger partial charge in [-0.25, -0.2) is 19.3 Å². The highest BCUT2D eigenvalue weighted by Gasteiger charge is 2.35. The number of fused-ring (bicyclic) bond motifs is 1. The lowest BCUT2D eigenvalue weighted by Gasteiger charge is -2.13. The molecule has 196 valence electrons. The van der Waals surface area contributed by atoms with E-state index in [4.69, 9.17) is 4.74 Å². The van der Waals surface area contributed by atoms with Gasteiger partial charge in [0.05, 0.1) is 0 Å². The number of pyridine rings is 1. The van der Waals surface area contributed by atoms with Crippen LogP contribution in [0.5, 0.6) is 5.88 Å². The Hall–Kier alpha value is -4.35. The van der Waals surface area contributed by atoms with Crippen molar-refractivity contribution in [3.63, 3.8) is 0 Å². The Bertz CT molecular complexity index is 1640. The smallest absolute Gasteiger partial charge is 0.434 e. The van der Waals surface area contributed by atoms with E-state index in [1.54, 1.807) is 17.9 Å². The average molecular weight is 526 g/mol. The lowest BCUT2D eigenvalue weighted by Crippen LogP contribution is -2.05. The minimum absolute atomic E-state index is 0.0924. The summed E-state index contributed by atoms with van der Waals surface area (Å²) in [4.78, 5) is 16.8. The van der Waals surface area contributed by atoms with Crippen LogP contribution >= 0.6 is 0 Å². The SMILES string of the molecule is CC(C)c1ccccc1-c1nc(OCc2cnc(-c3nc(C(F)(F)F)cn3C)c(F)c2)c2cn(C)nc2n1. The van der Waals surface area contributed by atoms with Crippen LogP contribution in [0.1, 0.15) is 36.6 Å². The predicted octanol–water partition coefficient (Wildman–Crippen LogP) is 5.69. The Morgan fingerprint density at radius 3 is 2.47 bits per heavy atom. The molecular formula is C26H23F4N7O. The first-order valence-electron chi connectivity index (χ1n) is 11.7. The predicted molar refractivity (Wildman–Crippen MR) is 132 cm³/mol. The molecule has 5 aromatic rings. The molecule has 0 spiro atoms. The van der Waals surface area contributed by atoms with Crippen molar-refractivity contribution in [2.75, 3.05) is 0 Å². The van der Waals surface area contributed by atoms with Gasteiger partial charge >= 0.3 is 6.18 Å². The normalized spacial score (nSPS) is 12.0. The van der Waals surface area contributed by atoms with E-state index in [-0.39, 0.29) is 29.9 Å². The summed E-state index contributed by atoms with van der Waals surface area (Å²) in [6.45, 7) is 4.07. The second kappa shape index (κ2) is 9.51. The summed E-state index contributed by atoms with van der Waals surface area (Å²) >= 11 is 0. The minimum Gasteiger partial charge on any atom is -0.472 e. The van der Waals surface area contributed by atoms with Gasteiger partial charge in [0, 0.05) is 43.8 Å². The molecule has 0 fully saturated rings. The summed E-state index contributed by atoms with van der Waals surface area (Å²) in [5, 5.41) is 4.98. The third-order valence-corrected chi connectivity index (χ3v) is 5.93. The third kappa shape index (κ3) is 4.81. The van der Waals surface area contributed by atoms with E-state index in [0.29, 0.717) is 22.4 Å². The molecule has 8 nitrogen and oxygen atoms in total. The number of aryl methyl sites for hydroxylation is 2. The Labute approximate surface area is 215 Å². The van der Waals surface area contributed by atoms with Gasteiger partial charge in [-0.1, -0.05) is 38.1 Å².